The first-order valence-electron chi connectivity index (χ1n) is 7.65. The van der Waals surface area contributed by atoms with Gasteiger partial charge in [-0.25, -0.2) is 23.4 Å². The van der Waals surface area contributed by atoms with Crippen molar-refractivity contribution in [3.8, 4) is 0 Å². The minimum absolute atomic E-state index is 0.155. The van der Waals surface area contributed by atoms with Gasteiger partial charge in [0.25, 0.3) is 0 Å². The number of benzene rings is 1. The van der Waals surface area contributed by atoms with Gasteiger partial charge >= 0.3 is 5.97 Å². The van der Waals surface area contributed by atoms with Gasteiger partial charge in [-0.1, -0.05) is 49.5 Å². The number of carbonyl (C=O) groups excluding carboxylic acids is 1. The predicted octanol–water partition coefficient (Wildman–Crippen LogP) is -1.59. The number of esters is 1. The van der Waals surface area contributed by atoms with E-state index >= 15 is 0 Å². The summed E-state index contributed by atoms with van der Waals surface area (Å²) in [5.74, 6) is -0.155. The number of hydrogen-bond donors (Lipinski definition) is 0. The van der Waals surface area contributed by atoms with Gasteiger partial charge in [0.2, 0.25) is 6.04 Å². The zero-order valence-corrected chi connectivity index (χ0v) is 17.6. The highest BCUT2D eigenvalue weighted by atomic mass is 35.7. The van der Waals surface area contributed by atoms with Crippen molar-refractivity contribution in [3.05, 3.63) is 35.4 Å². The normalized spacial score (nSPS) is 13.6. The fraction of sp³-hybridized carbons (Fsp3) is 0.562. The highest BCUT2D eigenvalue weighted by Gasteiger charge is 2.40. The molecule has 0 amide bonds. The summed E-state index contributed by atoms with van der Waals surface area (Å²) in [7, 11) is -0.518. The number of aryl methyl sites for hydroxylation is 1. The Morgan fingerprint density at radius 3 is 1.84 bits per heavy atom. The van der Waals surface area contributed by atoms with E-state index in [1.54, 1.807) is 0 Å². The maximum absolute atomic E-state index is 12.3. The van der Waals surface area contributed by atoms with E-state index < -0.39 is 18.3 Å². The van der Waals surface area contributed by atoms with Crippen LogP contribution in [0.1, 0.15) is 17.2 Å². The number of rotatable bonds is 5. The quantitative estimate of drug-likeness (QED) is 0.338. The largest absolute Gasteiger partial charge is 0.464 e. The van der Waals surface area contributed by atoms with Gasteiger partial charge in [0.1, 0.15) is 8.07 Å². The fourth-order valence-corrected chi connectivity index (χ4v) is 5.63. The Balaban J connectivity index is 0.00000101. The Morgan fingerprint density at radius 1 is 1.12 bits per heavy atom. The summed E-state index contributed by atoms with van der Waals surface area (Å²) < 4.78 is 39.7. The summed E-state index contributed by atoms with van der Waals surface area (Å²) in [6.07, 6.45) is 1.03. The van der Waals surface area contributed by atoms with E-state index in [2.05, 4.69) is 52.8 Å². The molecule has 0 fully saturated rings. The van der Waals surface area contributed by atoms with Gasteiger partial charge in [0, 0.05) is 5.56 Å². The number of nitrogens with zero attached hydrogens (tertiary/aromatic N) is 1. The molecular formula is C16H28ClNO6Si. The Hall–Kier alpha value is -1.00. The van der Waals surface area contributed by atoms with Crippen LogP contribution in [0, 0.1) is 17.2 Å². The van der Waals surface area contributed by atoms with Crippen molar-refractivity contribution in [2.45, 2.75) is 32.6 Å². The van der Waals surface area contributed by atoms with Crippen LogP contribution in [0.15, 0.2) is 24.3 Å². The number of carbonyl (C=O) groups is 1. The average molecular weight is 394 g/mol. The Bertz CT molecular complexity index is 545. The van der Waals surface area contributed by atoms with Crippen molar-refractivity contribution in [1.29, 1.82) is 0 Å². The standard InChI is InChI=1S/C16H28NO2Si.ClHO4/c1-13-8-10-14(11-9-13)15(16(18)19-4)17(2,3)12-20(5,6)7;2-1(3,4)5/h8-11,15H,12H2,1-7H3;(H,2,3,4,5)/q+1;/p-1. The van der Waals surface area contributed by atoms with Crippen molar-refractivity contribution in [3.63, 3.8) is 0 Å². The second kappa shape index (κ2) is 9.09. The molecule has 144 valence electrons. The third-order valence-corrected chi connectivity index (χ3v) is 5.16. The number of quaternary nitrogens is 1. The molecule has 0 aromatic heterocycles. The second-order valence-corrected chi connectivity index (χ2v) is 13.9. The van der Waals surface area contributed by atoms with E-state index in [1.165, 1.54) is 12.7 Å². The maximum atomic E-state index is 12.3. The number of hydrogen-bond acceptors (Lipinski definition) is 6. The summed E-state index contributed by atoms with van der Waals surface area (Å²) in [5.41, 5.74) is 2.23. The number of likely N-dealkylation sites (N-methyl/N-ethyl adjacent to an activating group) is 1. The molecule has 1 aromatic rings. The highest BCUT2D eigenvalue weighted by Crippen LogP contribution is 2.28. The summed E-state index contributed by atoms with van der Waals surface area (Å²) in [6.45, 7) is 9.04. The number of halogens is 1. The molecule has 1 rings (SSSR count). The molecule has 0 spiro atoms. The van der Waals surface area contributed by atoms with Crippen molar-refractivity contribution < 1.29 is 42.9 Å². The van der Waals surface area contributed by atoms with E-state index in [-0.39, 0.29) is 12.0 Å². The van der Waals surface area contributed by atoms with Crippen molar-refractivity contribution in [1.82, 2.24) is 0 Å². The van der Waals surface area contributed by atoms with Gasteiger partial charge in [0.05, 0.1) is 27.4 Å². The van der Waals surface area contributed by atoms with Crippen LogP contribution < -0.4 is 18.6 Å². The molecule has 0 saturated heterocycles. The molecule has 9 heteroatoms. The number of ether oxygens (including phenoxy) is 1. The molecule has 1 unspecified atom stereocenters. The Morgan fingerprint density at radius 2 is 1.52 bits per heavy atom. The Labute approximate surface area is 152 Å². The summed E-state index contributed by atoms with van der Waals surface area (Å²) in [4.78, 5) is 12.3. The first-order chi connectivity index (χ1) is 11.1. The van der Waals surface area contributed by atoms with Gasteiger partial charge < -0.3 is 9.22 Å². The van der Waals surface area contributed by atoms with E-state index in [0.717, 1.165) is 11.7 Å². The molecule has 0 aliphatic rings. The zero-order valence-electron chi connectivity index (χ0n) is 15.9. The van der Waals surface area contributed by atoms with Crippen LogP contribution in [0.3, 0.4) is 0 Å². The molecule has 0 aliphatic heterocycles. The summed E-state index contributed by atoms with van der Waals surface area (Å²) in [6, 6.07) is 7.94. The molecule has 1 aromatic carbocycles. The smallest absolute Gasteiger partial charge is 0.369 e. The summed E-state index contributed by atoms with van der Waals surface area (Å²) >= 11 is 0. The first kappa shape index (κ1) is 24.0. The van der Waals surface area contributed by atoms with E-state index in [4.69, 9.17) is 23.4 Å². The van der Waals surface area contributed by atoms with Gasteiger partial charge in [-0.05, 0) is 6.92 Å². The minimum atomic E-state index is -4.94. The third-order valence-electron chi connectivity index (χ3n) is 3.40. The van der Waals surface area contributed by atoms with Gasteiger partial charge in [-0.3, -0.25) is 0 Å². The predicted molar refractivity (Wildman–Crippen MR) is 86.3 cm³/mol. The van der Waals surface area contributed by atoms with Crippen LogP contribution in [0.4, 0.5) is 0 Å². The van der Waals surface area contributed by atoms with Crippen LogP contribution >= 0.6 is 0 Å². The molecule has 0 saturated carbocycles. The molecular weight excluding hydrogens is 366 g/mol. The molecule has 25 heavy (non-hydrogen) atoms. The summed E-state index contributed by atoms with van der Waals surface area (Å²) in [5, 5.41) is 0. The number of methoxy groups -OCH3 is 1. The van der Waals surface area contributed by atoms with Gasteiger partial charge in [-0.15, -0.1) is 10.2 Å². The SMILES string of the molecule is COC(=O)C(c1ccc(C)cc1)[N+](C)(C)C[Si](C)(C)C.[O-][Cl+3]([O-])([O-])[O-]. The van der Waals surface area contributed by atoms with Crippen LogP contribution in [-0.2, 0) is 9.53 Å². The van der Waals surface area contributed by atoms with Crippen LogP contribution in [0.2, 0.25) is 19.6 Å². The maximum Gasteiger partial charge on any atom is 0.369 e. The third kappa shape index (κ3) is 10.6. The zero-order chi connectivity index (χ0) is 20.1. The van der Waals surface area contributed by atoms with Crippen LogP contribution in [-0.4, -0.2) is 45.9 Å². The molecule has 0 heterocycles. The van der Waals surface area contributed by atoms with Crippen molar-refractivity contribution in [2.75, 3.05) is 27.4 Å². The molecule has 0 N–H and O–H groups in total. The molecule has 0 bridgehead atoms. The van der Waals surface area contributed by atoms with Crippen molar-refractivity contribution >= 4 is 14.0 Å². The molecule has 1 atom stereocenters. The molecule has 0 radical (unpaired) electrons. The first-order valence-corrected chi connectivity index (χ1v) is 12.6. The second-order valence-electron chi connectivity index (χ2n) is 7.71. The molecule has 7 nitrogen and oxygen atoms in total. The van der Waals surface area contributed by atoms with E-state index in [1.807, 2.05) is 12.1 Å². The van der Waals surface area contributed by atoms with Gasteiger partial charge in [0.15, 0.2) is 0 Å². The monoisotopic (exact) mass is 393 g/mol. The minimum Gasteiger partial charge on any atom is -0.464 e. The fourth-order valence-electron chi connectivity index (χ4n) is 3.00. The van der Waals surface area contributed by atoms with Crippen LogP contribution in [0.25, 0.3) is 0 Å². The van der Waals surface area contributed by atoms with Gasteiger partial charge in [-0.2, -0.15) is 0 Å². The average Bonchev–Trinajstić information content (AvgIpc) is 2.36. The molecule has 0 aliphatic carbocycles. The van der Waals surface area contributed by atoms with Crippen LogP contribution in [0.5, 0.6) is 0 Å². The lowest BCUT2D eigenvalue weighted by Crippen LogP contribution is -2.68. The topological polar surface area (TPSA) is 119 Å². The lowest BCUT2D eigenvalue weighted by atomic mass is 10.0. The van der Waals surface area contributed by atoms with Crippen molar-refractivity contribution in [2.24, 2.45) is 0 Å². The Kier molecular flexibility index (Phi) is 8.72. The lowest BCUT2D eigenvalue weighted by Gasteiger charge is -2.40. The van der Waals surface area contributed by atoms with E-state index in [9.17, 15) is 4.79 Å². The van der Waals surface area contributed by atoms with E-state index in [0.29, 0.717) is 4.48 Å². The highest BCUT2D eigenvalue weighted by molar-refractivity contribution is 6.76. The lowest BCUT2D eigenvalue weighted by molar-refractivity contribution is -2.00.